The topological polar surface area (TPSA) is 46.5 Å². The maximum Gasteiger partial charge on any atom is 0.337 e. The first-order valence-corrected chi connectivity index (χ1v) is 6.01. The Bertz CT molecular complexity index is 481. The van der Waals surface area contributed by atoms with E-state index in [2.05, 4.69) is 16.6 Å². The summed E-state index contributed by atoms with van der Waals surface area (Å²) in [7, 11) is 1.36. The fourth-order valence-corrected chi connectivity index (χ4v) is 1.94. The van der Waals surface area contributed by atoms with Gasteiger partial charge in [0.1, 0.15) is 0 Å². The Balaban J connectivity index is 2.11. The first kappa shape index (κ1) is 12.7. The molecule has 1 aromatic carbocycles. The van der Waals surface area contributed by atoms with Gasteiger partial charge in [-0.25, -0.2) is 4.79 Å². The van der Waals surface area contributed by atoms with Crippen molar-refractivity contribution in [2.45, 2.75) is 19.3 Å². The van der Waals surface area contributed by atoms with Crippen LogP contribution in [0.4, 0.5) is 0 Å². The summed E-state index contributed by atoms with van der Waals surface area (Å²) in [5, 5.41) is 9.30. The number of aliphatic hydroxyl groups excluding tert-OH is 1. The second-order valence-corrected chi connectivity index (χ2v) is 4.61. The SMILES string of the molecule is COC(=O)c1ccc(C#CC2(CO)CCC2)cc1. The summed E-state index contributed by atoms with van der Waals surface area (Å²) in [6.45, 7) is 0.125. The van der Waals surface area contributed by atoms with Crippen molar-refractivity contribution >= 4 is 5.97 Å². The molecule has 94 valence electrons. The van der Waals surface area contributed by atoms with Gasteiger partial charge in [-0.15, -0.1) is 0 Å². The number of esters is 1. The average molecular weight is 244 g/mol. The van der Waals surface area contributed by atoms with Gasteiger partial charge in [-0.05, 0) is 37.1 Å². The van der Waals surface area contributed by atoms with E-state index in [1.54, 1.807) is 24.3 Å². The van der Waals surface area contributed by atoms with Gasteiger partial charge in [-0.1, -0.05) is 18.3 Å². The van der Waals surface area contributed by atoms with Crippen molar-refractivity contribution in [3.63, 3.8) is 0 Å². The van der Waals surface area contributed by atoms with Crippen LogP contribution in [0.2, 0.25) is 0 Å². The number of rotatable bonds is 2. The fourth-order valence-electron chi connectivity index (χ4n) is 1.94. The Hall–Kier alpha value is -1.79. The number of aliphatic hydroxyl groups is 1. The van der Waals surface area contributed by atoms with Crippen molar-refractivity contribution in [1.82, 2.24) is 0 Å². The highest BCUT2D eigenvalue weighted by atomic mass is 16.5. The van der Waals surface area contributed by atoms with Crippen molar-refractivity contribution in [2.75, 3.05) is 13.7 Å². The van der Waals surface area contributed by atoms with Gasteiger partial charge in [0.25, 0.3) is 0 Å². The number of benzene rings is 1. The molecule has 0 atom stereocenters. The van der Waals surface area contributed by atoms with E-state index in [0.717, 1.165) is 24.8 Å². The van der Waals surface area contributed by atoms with Gasteiger partial charge in [0.2, 0.25) is 0 Å². The van der Waals surface area contributed by atoms with Crippen LogP contribution >= 0.6 is 0 Å². The number of ether oxygens (including phenoxy) is 1. The van der Waals surface area contributed by atoms with Gasteiger partial charge in [-0.3, -0.25) is 0 Å². The van der Waals surface area contributed by atoms with Crippen LogP contribution in [0, 0.1) is 17.3 Å². The summed E-state index contributed by atoms with van der Waals surface area (Å²) >= 11 is 0. The lowest BCUT2D eigenvalue weighted by Gasteiger charge is -2.35. The molecule has 3 heteroatoms. The standard InChI is InChI=1S/C15H16O3/c1-18-14(17)13-5-3-12(4-6-13)7-10-15(11-16)8-2-9-15/h3-6,16H,2,8-9,11H2,1H3. The Kier molecular flexibility index (Phi) is 3.69. The molecule has 2 rings (SSSR count). The van der Waals surface area contributed by atoms with E-state index in [1.807, 2.05) is 0 Å². The zero-order valence-corrected chi connectivity index (χ0v) is 10.4. The molecule has 0 bridgehead atoms. The number of hydrogen-bond acceptors (Lipinski definition) is 3. The Morgan fingerprint density at radius 1 is 1.39 bits per heavy atom. The molecular weight excluding hydrogens is 228 g/mol. The molecule has 1 fully saturated rings. The number of carbonyl (C=O) groups excluding carboxylic acids is 1. The van der Waals surface area contributed by atoms with Crippen LogP contribution in [0.15, 0.2) is 24.3 Å². The molecule has 18 heavy (non-hydrogen) atoms. The molecule has 1 aromatic rings. The Morgan fingerprint density at radius 2 is 2.06 bits per heavy atom. The van der Waals surface area contributed by atoms with Gasteiger partial charge in [-0.2, -0.15) is 0 Å². The van der Waals surface area contributed by atoms with E-state index in [4.69, 9.17) is 0 Å². The molecule has 1 aliphatic carbocycles. The molecule has 0 heterocycles. The van der Waals surface area contributed by atoms with Gasteiger partial charge in [0.05, 0.1) is 24.7 Å². The van der Waals surface area contributed by atoms with Crippen molar-refractivity contribution in [1.29, 1.82) is 0 Å². The van der Waals surface area contributed by atoms with Crippen LogP contribution in [0.1, 0.15) is 35.2 Å². The normalized spacial score (nSPS) is 16.1. The van der Waals surface area contributed by atoms with Crippen LogP contribution in [-0.2, 0) is 4.74 Å². The number of hydrogen-bond donors (Lipinski definition) is 1. The lowest BCUT2D eigenvalue weighted by Crippen LogP contribution is -2.31. The second kappa shape index (κ2) is 5.24. The number of carbonyl (C=O) groups is 1. The zero-order valence-electron chi connectivity index (χ0n) is 10.4. The highest BCUT2D eigenvalue weighted by Gasteiger charge is 2.34. The van der Waals surface area contributed by atoms with Crippen LogP contribution in [-0.4, -0.2) is 24.8 Å². The highest BCUT2D eigenvalue weighted by Crippen LogP contribution is 2.39. The average Bonchev–Trinajstić information content (AvgIpc) is 2.38. The summed E-state index contributed by atoms with van der Waals surface area (Å²) in [6, 6.07) is 6.98. The smallest absolute Gasteiger partial charge is 0.337 e. The third-order valence-electron chi connectivity index (χ3n) is 3.39. The monoisotopic (exact) mass is 244 g/mol. The zero-order chi connectivity index (χ0) is 13.0. The minimum atomic E-state index is -0.347. The van der Waals surface area contributed by atoms with E-state index in [-0.39, 0.29) is 18.0 Å². The van der Waals surface area contributed by atoms with Crippen molar-refractivity contribution in [3.05, 3.63) is 35.4 Å². The molecule has 0 unspecified atom stereocenters. The molecular formula is C15H16O3. The molecule has 0 amide bonds. The number of methoxy groups -OCH3 is 1. The summed E-state index contributed by atoms with van der Waals surface area (Å²) in [5.74, 6) is 5.86. The molecule has 0 aliphatic heterocycles. The molecule has 0 saturated heterocycles. The van der Waals surface area contributed by atoms with E-state index >= 15 is 0 Å². The van der Waals surface area contributed by atoms with Crippen molar-refractivity contribution in [3.8, 4) is 11.8 Å². The minimum Gasteiger partial charge on any atom is -0.465 e. The maximum atomic E-state index is 11.3. The van der Waals surface area contributed by atoms with Crippen molar-refractivity contribution in [2.24, 2.45) is 5.41 Å². The molecule has 1 aliphatic rings. The first-order chi connectivity index (χ1) is 8.69. The van der Waals surface area contributed by atoms with E-state index in [9.17, 15) is 9.90 Å². The summed E-state index contributed by atoms with van der Waals surface area (Å²) in [5.41, 5.74) is 1.17. The fraction of sp³-hybridized carbons (Fsp3) is 0.400. The van der Waals surface area contributed by atoms with Gasteiger partial charge in [0, 0.05) is 5.56 Å². The summed E-state index contributed by atoms with van der Waals surface area (Å²) in [6.07, 6.45) is 3.07. The molecule has 3 nitrogen and oxygen atoms in total. The summed E-state index contributed by atoms with van der Waals surface area (Å²) < 4.78 is 4.63. The lowest BCUT2D eigenvalue weighted by atomic mass is 9.70. The van der Waals surface area contributed by atoms with Gasteiger partial charge >= 0.3 is 5.97 Å². The second-order valence-electron chi connectivity index (χ2n) is 4.61. The summed E-state index contributed by atoms with van der Waals surface area (Å²) in [4.78, 5) is 11.3. The lowest BCUT2D eigenvalue weighted by molar-refractivity contribution is 0.0600. The third kappa shape index (κ3) is 2.55. The Morgan fingerprint density at radius 3 is 2.50 bits per heavy atom. The molecule has 1 saturated carbocycles. The van der Waals surface area contributed by atoms with E-state index < -0.39 is 0 Å². The van der Waals surface area contributed by atoms with E-state index in [0.29, 0.717) is 5.56 Å². The van der Waals surface area contributed by atoms with Gasteiger partial charge in [0.15, 0.2) is 0 Å². The van der Waals surface area contributed by atoms with Crippen LogP contribution in [0.3, 0.4) is 0 Å². The predicted octanol–water partition coefficient (Wildman–Crippen LogP) is 1.99. The highest BCUT2D eigenvalue weighted by molar-refractivity contribution is 5.89. The Labute approximate surface area is 107 Å². The van der Waals surface area contributed by atoms with Crippen LogP contribution in [0.5, 0.6) is 0 Å². The maximum absolute atomic E-state index is 11.3. The third-order valence-corrected chi connectivity index (χ3v) is 3.39. The molecule has 0 radical (unpaired) electrons. The quantitative estimate of drug-likeness (QED) is 0.639. The largest absolute Gasteiger partial charge is 0.465 e. The minimum absolute atomic E-state index is 0.125. The van der Waals surface area contributed by atoms with Crippen LogP contribution < -0.4 is 0 Å². The molecule has 0 aromatic heterocycles. The van der Waals surface area contributed by atoms with Gasteiger partial charge < -0.3 is 9.84 Å². The first-order valence-electron chi connectivity index (χ1n) is 6.01. The van der Waals surface area contributed by atoms with E-state index in [1.165, 1.54) is 7.11 Å². The predicted molar refractivity (Wildman–Crippen MR) is 68.0 cm³/mol. The molecule has 1 N–H and O–H groups in total. The van der Waals surface area contributed by atoms with Crippen molar-refractivity contribution < 1.29 is 14.6 Å². The van der Waals surface area contributed by atoms with Crippen LogP contribution in [0.25, 0.3) is 0 Å². The molecule has 0 spiro atoms.